The van der Waals surface area contributed by atoms with Crippen LogP contribution in [0.4, 0.5) is 0 Å². The minimum absolute atomic E-state index is 0.0255. The standard InChI is InChI=1S/C12H9N3O.C7H6O3/c13-7-5-6-10(16)12-11(7)14-8-3-1-2-4-9(8)15-12;8-4-5-3-6(9)1-2-7(5)10/h1-5H,6,13H2;1-4,9-10H. The minimum atomic E-state index is -0.118. The van der Waals surface area contributed by atoms with Crippen molar-refractivity contribution in [3.8, 4) is 11.5 Å². The highest BCUT2D eigenvalue weighted by atomic mass is 16.3. The number of rotatable bonds is 1. The predicted octanol–water partition coefficient (Wildman–Crippen LogP) is 2.43. The summed E-state index contributed by atoms with van der Waals surface area (Å²) < 4.78 is 0. The van der Waals surface area contributed by atoms with Gasteiger partial charge in [-0.3, -0.25) is 9.59 Å². The number of Topliss-reactive ketones (excluding diaryl/α,β-unsaturated/α-hetero) is 1. The van der Waals surface area contributed by atoms with Crippen LogP contribution in [0.25, 0.3) is 16.7 Å². The van der Waals surface area contributed by atoms with E-state index in [4.69, 9.17) is 15.9 Å². The highest BCUT2D eigenvalue weighted by Gasteiger charge is 2.21. The van der Waals surface area contributed by atoms with Gasteiger partial charge in [0, 0.05) is 6.42 Å². The average molecular weight is 349 g/mol. The Balaban J connectivity index is 0.000000170. The molecule has 4 N–H and O–H groups in total. The van der Waals surface area contributed by atoms with Crippen LogP contribution in [0.2, 0.25) is 0 Å². The molecule has 0 bridgehead atoms. The first-order valence-electron chi connectivity index (χ1n) is 7.72. The number of phenolic OH excluding ortho intramolecular Hbond substituents is 2. The molecule has 0 fully saturated rings. The Bertz CT molecular complexity index is 1040. The van der Waals surface area contributed by atoms with Crippen LogP contribution in [0, 0.1) is 0 Å². The van der Waals surface area contributed by atoms with Gasteiger partial charge in [-0.25, -0.2) is 9.97 Å². The molecule has 0 atom stereocenters. The number of para-hydroxylation sites is 2. The summed E-state index contributed by atoms with van der Waals surface area (Å²) in [5.74, 6) is -0.171. The third kappa shape index (κ3) is 3.36. The molecule has 0 radical (unpaired) electrons. The van der Waals surface area contributed by atoms with Crippen molar-refractivity contribution in [1.82, 2.24) is 9.97 Å². The number of aldehydes is 1. The maximum Gasteiger partial charge on any atom is 0.187 e. The van der Waals surface area contributed by atoms with Crippen LogP contribution in [0.15, 0.2) is 48.5 Å². The fourth-order valence-corrected chi connectivity index (χ4v) is 2.43. The van der Waals surface area contributed by atoms with E-state index in [1.807, 2.05) is 24.3 Å². The van der Waals surface area contributed by atoms with Crippen molar-refractivity contribution >= 4 is 28.8 Å². The molecule has 26 heavy (non-hydrogen) atoms. The summed E-state index contributed by atoms with van der Waals surface area (Å²) in [5.41, 5.74) is 8.82. The number of benzene rings is 2. The van der Waals surface area contributed by atoms with E-state index in [9.17, 15) is 9.59 Å². The zero-order chi connectivity index (χ0) is 18.7. The van der Waals surface area contributed by atoms with E-state index in [2.05, 4.69) is 9.97 Å². The Morgan fingerprint density at radius 2 is 1.65 bits per heavy atom. The van der Waals surface area contributed by atoms with Gasteiger partial charge in [0.05, 0.1) is 22.3 Å². The first kappa shape index (κ1) is 17.1. The second-order valence-electron chi connectivity index (χ2n) is 5.56. The van der Waals surface area contributed by atoms with Crippen LogP contribution in [-0.4, -0.2) is 32.3 Å². The molecule has 0 unspecified atom stereocenters. The molecule has 1 heterocycles. The molecule has 7 heteroatoms. The molecule has 2 aromatic carbocycles. The fraction of sp³-hybridized carbons (Fsp3) is 0.0526. The number of carbonyl (C=O) groups excluding carboxylic acids is 2. The molecule has 1 aliphatic carbocycles. The smallest absolute Gasteiger partial charge is 0.187 e. The third-order valence-electron chi connectivity index (χ3n) is 3.75. The van der Waals surface area contributed by atoms with Gasteiger partial charge in [0.2, 0.25) is 0 Å². The number of aromatic nitrogens is 2. The normalized spacial score (nSPS) is 12.6. The van der Waals surface area contributed by atoms with Crippen molar-refractivity contribution < 1.29 is 19.8 Å². The molecule has 3 aromatic rings. The van der Waals surface area contributed by atoms with E-state index in [1.165, 1.54) is 18.2 Å². The zero-order valence-electron chi connectivity index (χ0n) is 13.6. The van der Waals surface area contributed by atoms with Crippen LogP contribution in [0.5, 0.6) is 11.5 Å². The molecule has 7 nitrogen and oxygen atoms in total. The minimum Gasteiger partial charge on any atom is -0.508 e. The highest BCUT2D eigenvalue weighted by molar-refractivity contribution is 6.03. The van der Waals surface area contributed by atoms with Crippen molar-refractivity contribution in [3.63, 3.8) is 0 Å². The molecule has 0 saturated heterocycles. The Morgan fingerprint density at radius 1 is 1.00 bits per heavy atom. The van der Waals surface area contributed by atoms with E-state index in [-0.39, 0.29) is 22.8 Å². The molecule has 0 amide bonds. The largest absolute Gasteiger partial charge is 0.508 e. The molecular formula is C19H15N3O4. The summed E-state index contributed by atoms with van der Waals surface area (Å²) >= 11 is 0. The lowest BCUT2D eigenvalue weighted by Gasteiger charge is -2.12. The van der Waals surface area contributed by atoms with Gasteiger partial charge in [0.25, 0.3) is 0 Å². The molecular weight excluding hydrogens is 334 g/mol. The number of fused-ring (bicyclic) bond motifs is 2. The summed E-state index contributed by atoms with van der Waals surface area (Å²) in [6.07, 6.45) is 2.48. The number of phenols is 2. The van der Waals surface area contributed by atoms with E-state index < -0.39 is 0 Å². The topological polar surface area (TPSA) is 126 Å². The third-order valence-corrected chi connectivity index (χ3v) is 3.75. The lowest BCUT2D eigenvalue weighted by Crippen LogP contribution is -2.16. The molecule has 0 spiro atoms. The molecule has 4 rings (SSSR count). The van der Waals surface area contributed by atoms with Crippen molar-refractivity contribution in [2.75, 3.05) is 0 Å². The fourth-order valence-electron chi connectivity index (χ4n) is 2.43. The number of hydrogen-bond donors (Lipinski definition) is 3. The van der Waals surface area contributed by atoms with Gasteiger partial charge in [-0.05, 0) is 30.3 Å². The maximum absolute atomic E-state index is 11.7. The van der Waals surface area contributed by atoms with Crippen molar-refractivity contribution in [3.05, 3.63) is 65.5 Å². The van der Waals surface area contributed by atoms with Crippen LogP contribution < -0.4 is 5.73 Å². The van der Waals surface area contributed by atoms with Crippen molar-refractivity contribution in [1.29, 1.82) is 0 Å². The van der Waals surface area contributed by atoms with Crippen LogP contribution in [-0.2, 0) is 0 Å². The van der Waals surface area contributed by atoms with E-state index in [1.54, 1.807) is 6.08 Å². The van der Waals surface area contributed by atoms with Crippen molar-refractivity contribution in [2.45, 2.75) is 6.42 Å². The van der Waals surface area contributed by atoms with Gasteiger partial charge in [0.1, 0.15) is 22.9 Å². The van der Waals surface area contributed by atoms with Gasteiger partial charge in [-0.2, -0.15) is 0 Å². The average Bonchev–Trinajstić information content (AvgIpc) is 2.66. The number of carbonyl (C=O) groups is 2. The number of ketones is 1. The lowest BCUT2D eigenvalue weighted by atomic mass is 10.0. The predicted molar refractivity (Wildman–Crippen MR) is 95.8 cm³/mol. The van der Waals surface area contributed by atoms with Gasteiger partial charge >= 0.3 is 0 Å². The first-order valence-corrected chi connectivity index (χ1v) is 7.72. The molecule has 0 aliphatic heterocycles. The number of hydrogen-bond acceptors (Lipinski definition) is 7. The monoisotopic (exact) mass is 349 g/mol. The number of nitrogens with two attached hydrogens (primary N) is 1. The van der Waals surface area contributed by atoms with Gasteiger partial charge in [-0.15, -0.1) is 0 Å². The summed E-state index contributed by atoms with van der Waals surface area (Å²) in [7, 11) is 0. The summed E-state index contributed by atoms with van der Waals surface area (Å²) in [5, 5.41) is 17.7. The SMILES string of the molecule is NC1=CCC(=O)c2nc3ccccc3nc21.O=Cc1cc(O)ccc1O. The first-order chi connectivity index (χ1) is 12.5. The molecule has 1 aromatic heterocycles. The van der Waals surface area contributed by atoms with Gasteiger partial charge in [0.15, 0.2) is 12.1 Å². The van der Waals surface area contributed by atoms with E-state index in [0.717, 1.165) is 11.0 Å². The number of nitrogens with zero attached hydrogens (tertiary/aromatic N) is 2. The lowest BCUT2D eigenvalue weighted by molar-refractivity contribution is 0.0988. The number of allylic oxidation sites excluding steroid dienone is 1. The quantitative estimate of drug-likeness (QED) is 0.455. The van der Waals surface area contributed by atoms with Gasteiger partial charge < -0.3 is 15.9 Å². The summed E-state index contributed by atoms with van der Waals surface area (Å²) in [6, 6.07) is 11.2. The second-order valence-corrected chi connectivity index (χ2v) is 5.56. The summed E-state index contributed by atoms with van der Waals surface area (Å²) in [4.78, 5) is 30.5. The Morgan fingerprint density at radius 3 is 2.27 bits per heavy atom. The Labute approximate surface area is 148 Å². The summed E-state index contributed by atoms with van der Waals surface area (Å²) in [6.45, 7) is 0. The van der Waals surface area contributed by atoms with Crippen LogP contribution in [0.1, 0.15) is 33.0 Å². The number of aromatic hydroxyl groups is 2. The molecule has 1 aliphatic rings. The Kier molecular flexibility index (Phi) is 4.62. The highest BCUT2D eigenvalue weighted by Crippen LogP contribution is 2.22. The Hall–Kier alpha value is -3.74. The van der Waals surface area contributed by atoms with E-state index in [0.29, 0.717) is 29.8 Å². The van der Waals surface area contributed by atoms with Crippen LogP contribution in [0.3, 0.4) is 0 Å². The van der Waals surface area contributed by atoms with Crippen molar-refractivity contribution in [2.24, 2.45) is 5.73 Å². The van der Waals surface area contributed by atoms with E-state index >= 15 is 0 Å². The second kappa shape index (κ2) is 7.02. The van der Waals surface area contributed by atoms with Crippen LogP contribution >= 0.6 is 0 Å². The zero-order valence-corrected chi connectivity index (χ0v) is 13.6. The van der Waals surface area contributed by atoms with Gasteiger partial charge in [-0.1, -0.05) is 18.2 Å². The molecule has 0 saturated carbocycles. The molecule has 130 valence electrons. The maximum atomic E-state index is 11.7.